The van der Waals surface area contributed by atoms with Crippen LogP contribution in [0, 0.1) is 23.7 Å². The molecule has 4 saturated carbocycles. The van der Waals surface area contributed by atoms with Gasteiger partial charge in [0.2, 0.25) is 5.91 Å². The molecule has 1 aliphatic heterocycles. The normalized spacial score (nSPS) is 50.9. The summed E-state index contributed by atoms with van der Waals surface area (Å²) in [6, 6.07) is 0.775. The molecule has 0 spiro atoms. The van der Waals surface area contributed by atoms with Crippen LogP contribution < -0.4 is 5.73 Å². The highest BCUT2D eigenvalue weighted by Crippen LogP contribution is 2.55. The number of nitrogens with two attached hydrogens (primary N) is 1. The maximum Gasteiger partial charge on any atom is 0.222 e. The highest BCUT2D eigenvalue weighted by molar-refractivity contribution is 5.77. The smallest absolute Gasteiger partial charge is 0.222 e. The molecular formula is C15H24N2O. The zero-order chi connectivity index (χ0) is 12.3. The summed E-state index contributed by atoms with van der Waals surface area (Å²) >= 11 is 0. The van der Waals surface area contributed by atoms with E-state index in [2.05, 4.69) is 4.90 Å². The summed E-state index contributed by atoms with van der Waals surface area (Å²) in [5.74, 6) is 3.95. The van der Waals surface area contributed by atoms with E-state index >= 15 is 0 Å². The Labute approximate surface area is 109 Å². The molecule has 3 heteroatoms. The van der Waals surface area contributed by atoms with E-state index in [-0.39, 0.29) is 6.04 Å². The molecule has 100 valence electrons. The van der Waals surface area contributed by atoms with E-state index in [1.54, 1.807) is 0 Å². The molecule has 1 saturated heterocycles. The number of hydrogen-bond acceptors (Lipinski definition) is 2. The SMILES string of the molecule is NC1CCC(=O)N(C2C3CC4CC(C3)CC2C4)C1. The first-order valence-corrected chi connectivity index (χ1v) is 7.75. The lowest BCUT2D eigenvalue weighted by Crippen LogP contribution is -2.60. The van der Waals surface area contributed by atoms with E-state index in [1.165, 1.54) is 32.1 Å². The van der Waals surface area contributed by atoms with E-state index < -0.39 is 0 Å². The third-order valence-corrected chi connectivity index (χ3v) is 6.02. The molecule has 4 aliphatic carbocycles. The Morgan fingerprint density at radius 3 is 2.22 bits per heavy atom. The number of hydrogen-bond donors (Lipinski definition) is 1. The van der Waals surface area contributed by atoms with Crippen molar-refractivity contribution in [1.29, 1.82) is 0 Å². The molecule has 1 atom stereocenters. The first-order chi connectivity index (χ1) is 8.70. The van der Waals surface area contributed by atoms with Gasteiger partial charge in [-0.25, -0.2) is 0 Å². The number of carbonyl (C=O) groups excluding carboxylic acids is 1. The van der Waals surface area contributed by atoms with Crippen LogP contribution in [-0.2, 0) is 4.79 Å². The number of amides is 1. The minimum atomic E-state index is 0.222. The van der Waals surface area contributed by atoms with Gasteiger partial charge in [0.05, 0.1) is 0 Å². The van der Waals surface area contributed by atoms with Crippen molar-refractivity contribution in [2.24, 2.45) is 29.4 Å². The molecule has 18 heavy (non-hydrogen) atoms. The summed E-state index contributed by atoms with van der Waals surface area (Å²) in [5.41, 5.74) is 6.09. The van der Waals surface area contributed by atoms with Gasteiger partial charge in [0.1, 0.15) is 0 Å². The monoisotopic (exact) mass is 248 g/mol. The summed E-state index contributed by atoms with van der Waals surface area (Å²) in [6.07, 6.45) is 8.60. The molecule has 5 rings (SSSR count). The fourth-order valence-corrected chi connectivity index (χ4v) is 5.59. The van der Waals surface area contributed by atoms with E-state index in [1.807, 2.05) is 0 Å². The van der Waals surface area contributed by atoms with Crippen molar-refractivity contribution >= 4 is 5.91 Å². The molecule has 0 aromatic rings. The lowest BCUT2D eigenvalue weighted by molar-refractivity contribution is -0.147. The van der Waals surface area contributed by atoms with Gasteiger partial charge in [0.25, 0.3) is 0 Å². The van der Waals surface area contributed by atoms with Crippen LogP contribution >= 0.6 is 0 Å². The van der Waals surface area contributed by atoms with Gasteiger partial charge in [-0.15, -0.1) is 0 Å². The molecule has 0 aromatic heterocycles. The van der Waals surface area contributed by atoms with Crippen molar-refractivity contribution in [2.45, 2.75) is 57.0 Å². The average molecular weight is 248 g/mol. The lowest BCUT2D eigenvalue weighted by Gasteiger charge is -2.58. The maximum absolute atomic E-state index is 12.2. The van der Waals surface area contributed by atoms with Gasteiger partial charge in [0, 0.05) is 25.0 Å². The zero-order valence-corrected chi connectivity index (χ0v) is 11.1. The summed E-state index contributed by atoms with van der Waals surface area (Å²) in [6.45, 7) is 0.825. The Bertz CT molecular complexity index is 340. The molecule has 4 bridgehead atoms. The summed E-state index contributed by atoms with van der Waals surface area (Å²) in [7, 11) is 0. The standard InChI is InChI=1S/C15H24N2O/c16-13-1-2-14(18)17(8-13)15-11-4-9-3-10(6-11)7-12(15)5-9/h9-13,15H,1-8,16H2. The Balaban J connectivity index is 1.58. The van der Waals surface area contributed by atoms with Crippen LogP contribution in [0.4, 0.5) is 0 Å². The van der Waals surface area contributed by atoms with Crippen LogP contribution in [-0.4, -0.2) is 29.4 Å². The van der Waals surface area contributed by atoms with Gasteiger partial charge in [-0.3, -0.25) is 4.79 Å². The number of piperidine rings is 1. The van der Waals surface area contributed by atoms with Gasteiger partial charge in [-0.05, 0) is 62.2 Å². The highest BCUT2D eigenvalue weighted by atomic mass is 16.2. The highest BCUT2D eigenvalue weighted by Gasteiger charge is 2.51. The molecule has 1 amide bonds. The van der Waals surface area contributed by atoms with Crippen molar-refractivity contribution in [3.8, 4) is 0 Å². The summed E-state index contributed by atoms with van der Waals surface area (Å²) < 4.78 is 0. The molecule has 1 heterocycles. The largest absolute Gasteiger partial charge is 0.338 e. The second-order valence-electron chi connectivity index (χ2n) is 7.27. The lowest BCUT2D eigenvalue weighted by atomic mass is 9.53. The predicted molar refractivity (Wildman–Crippen MR) is 69.8 cm³/mol. The first kappa shape index (κ1) is 11.3. The predicted octanol–water partition coefficient (Wildman–Crippen LogP) is 1.76. The number of nitrogens with zero attached hydrogens (tertiary/aromatic N) is 1. The topological polar surface area (TPSA) is 46.3 Å². The van der Waals surface area contributed by atoms with Crippen molar-refractivity contribution in [3.05, 3.63) is 0 Å². The van der Waals surface area contributed by atoms with Crippen LogP contribution in [0.25, 0.3) is 0 Å². The molecular weight excluding hydrogens is 224 g/mol. The fourth-order valence-electron chi connectivity index (χ4n) is 5.59. The number of rotatable bonds is 1. The van der Waals surface area contributed by atoms with E-state index in [0.29, 0.717) is 18.4 Å². The molecule has 2 N–H and O–H groups in total. The zero-order valence-electron chi connectivity index (χ0n) is 11.1. The third kappa shape index (κ3) is 1.63. The van der Waals surface area contributed by atoms with Gasteiger partial charge < -0.3 is 10.6 Å². The quantitative estimate of drug-likeness (QED) is 0.768. The van der Waals surface area contributed by atoms with Crippen molar-refractivity contribution in [1.82, 2.24) is 4.90 Å². The van der Waals surface area contributed by atoms with Crippen LogP contribution in [0.5, 0.6) is 0 Å². The molecule has 5 aliphatic rings. The minimum absolute atomic E-state index is 0.222. The Morgan fingerprint density at radius 1 is 1.00 bits per heavy atom. The van der Waals surface area contributed by atoms with Crippen molar-refractivity contribution in [2.75, 3.05) is 6.54 Å². The Morgan fingerprint density at radius 2 is 1.61 bits per heavy atom. The van der Waals surface area contributed by atoms with Crippen LogP contribution in [0.3, 0.4) is 0 Å². The molecule has 1 unspecified atom stereocenters. The van der Waals surface area contributed by atoms with E-state index in [0.717, 1.165) is 36.6 Å². The number of likely N-dealkylation sites (tertiary alicyclic amines) is 1. The molecule has 5 fully saturated rings. The van der Waals surface area contributed by atoms with Crippen LogP contribution in [0.1, 0.15) is 44.9 Å². The van der Waals surface area contributed by atoms with E-state index in [4.69, 9.17) is 5.73 Å². The fraction of sp³-hybridized carbons (Fsp3) is 0.933. The average Bonchev–Trinajstić information content (AvgIpc) is 2.32. The first-order valence-electron chi connectivity index (χ1n) is 7.75. The van der Waals surface area contributed by atoms with Gasteiger partial charge in [-0.2, -0.15) is 0 Å². The van der Waals surface area contributed by atoms with E-state index in [9.17, 15) is 4.79 Å². The molecule has 0 radical (unpaired) electrons. The summed E-state index contributed by atoms with van der Waals surface area (Å²) in [5, 5.41) is 0. The molecule has 3 nitrogen and oxygen atoms in total. The maximum atomic E-state index is 12.2. The van der Waals surface area contributed by atoms with Crippen molar-refractivity contribution in [3.63, 3.8) is 0 Å². The van der Waals surface area contributed by atoms with Gasteiger partial charge >= 0.3 is 0 Å². The second kappa shape index (κ2) is 3.96. The number of carbonyl (C=O) groups is 1. The Kier molecular flexibility index (Phi) is 2.48. The van der Waals surface area contributed by atoms with Crippen LogP contribution in [0.15, 0.2) is 0 Å². The Hall–Kier alpha value is -0.570. The third-order valence-electron chi connectivity index (χ3n) is 6.02. The minimum Gasteiger partial charge on any atom is -0.338 e. The van der Waals surface area contributed by atoms with Gasteiger partial charge in [-0.1, -0.05) is 0 Å². The van der Waals surface area contributed by atoms with Crippen molar-refractivity contribution < 1.29 is 4.79 Å². The second-order valence-corrected chi connectivity index (χ2v) is 7.27. The van der Waals surface area contributed by atoms with Gasteiger partial charge in [0.15, 0.2) is 0 Å². The van der Waals surface area contributed by atoms with Crippen LogP contribution in [0.2, 0.25) is 0 Å². The summed E-state index contributed by atoms with van der Waals surface area (Å²) in [4.78, 5) is 14.4. The molecule has 0 aromatic carbocycles.